The smallest absolute Gasteiger partial charge is 0.225 e. The van der Waals surface area contributed by atoms with Crippen molar-refractivity contribution >= 4 is 11.8 Å². The first-order chi connectivity index (χ1) is 12.4. The molecule has 1 N–H and O–H groups in total. The molecule has 0 aromatic heterocycles. The van der Waals surface area contributed by atoms with Gasteiger partial charge in [0.25, 0.3) is 0 Å². The summed E-state index contributed by atoms with van der Waals surface area (Å²) in [5, 5.41) is 3.01. The Morgan fingerprint density at radius 3 is 2.46 bits per heavy atom. The maximum Gasteiger partial charge on any atom is 0.225 e. The van der Waals surface area contributed by atoms with Crippen molar-refractivity contribution in [3.63, 3.8) is 0 Å². The fraction of sp³-hybridized carbons (Fsp3) is 0.600. The van der Waals surface area contributed by atoms with E-state index in [4.69, 9.17) is 9.47 Å². The second kappa shape index (κ2) is 7.56. The third-order valence-corrected chi connectivity index (χ3v) is 5.16. The first kappa shape index (κ1) is 18.5. The maximum absolute atomic E-state index is 12.8. The van der Waals surface area contributed by atoms with Gasteiger partial charge >= 0.3 is 0 Å². The van der Waals surface area contributed by atoms with Crippen LogP contribution in [-0.2, 0) is 9.59 Å². The second-order valence-electron chi connectivity index (χ2n) is 7.50. The molecule has 1 aliphatic heterocycles. The Bertz CT molecular complexity index is 684. The van der Waals surface area contributed by atoms with Gasteiger partial charge in [-0.05, 0) is 44.9 Å². The van der Waals surface area contributed by atoms with E-state index in [1.54, 1.807) is 14.2 Å². The van der Waals surface area contributed by atoms with Crippen molar-refractivity contribution < 1.29 is 19.1 Å². The zero-order chi connectivity index (χ0) is 18.8. The van der Waals surface area contributed by atoms with Crippen LogP contribution < -0.4 is 14.8 Å². The quantitative estimate of drug-likeness (QED) is 0.844. The topological polar surface area (TPSA) is 67.9 Å². The molecule has 0 spiro atoms. The minimum Gasteiger partial charge on any atom is -0.497 e. The van der Waals surface area contributed by atoms with Crippen molar-refractivity contribution in [3.8, 4) is 11.5 Å². The lowest BCUT2D eigenvalue weighted by Gasteiger charge is -2.22. The van der Waals surface area contributed by atoms with Gasteiger partial charge in [0.1, 0.15) is 11.5 Å². The standard InChI is InChI=1S/C20H28N2O4/c1-12(2)21-19(23)17-11-22(20(24)13-5-6-13)10-16(17)15-9-14(25-3)7-8-18(15)26-4/h7-9,12-13,16-17H,5-6,10-11H2,1-4H3,(H,21,23)/t16-,17-/m0/s1. The van der Waals surface area contributed by atoms with E-state index in [0.29, 0.717) is 13.1 Å². The molecule has 1 saturated heterocycles. The number of likely N-dealkylation sites (tertiary alicyclic amines) is 1. The molecular formula is C20H28N2O4. The fourth-order valence-corrected chi connectivity index (χ4v) is 3.67. The Kier molecular flexibility index (Phi) is 5.39. The molecule has 2 atom stereocenters. The van der Waals surface area contributed by atoms with Crippen LogP contribution in [0.15, 0.2) is 18.2 Å². The Hall–Kier alpha value is -2.24. The number of benzene rings is 1. The molecule has 6 nitrogen and oxygen atoms in total. The molecule has 1 aliphatic carbocycles. The number of methoxy groups -OCH3 is 2. The lowest BCUT2D eigenvalue weighted by Crippen LogP contribution is -2.39. The van der Waals surface area contributed by atoms with E-state index < -0.39 is 0 Å². The van der Waals surface area contributed by atoms with Gasteiger partial charge in [-0.1, -0.05) is 0 Å². The van der Waals surface area contributed by atoms with E-state index in [1.807, 2.05) is 36.9 Å². The van der Waals surface area contributed by atoms with Gasteiger partial charge in [-0.3, -0.25) is 9.59 Å². The van der Waals surface area contributed by atoms with Crippen LogP contribution in [0.25, 0.3) is 0 Å². The number of carbonyl (C=O) groups is 2. The molecule has 142 valence electrons. The summed E-state index contributed by atoms with van der Waals surface area (Å²) in [6.45, 7) is 4.89. The molecule has 26 heavy (non-hydrogen) atoms. The monoisotopic (exact) mass is 360 g/mol. The number of nitrogens with one attached hydrogen (secondary N) is 1. The zero-order valence-electron chi connectivity index (χ0n) is 16.0. The highest BCUT2D eigenvalue weighted by atomic mass is 16.5. The van der Waals surface area contributed by atoms with Crippen LogP contribution in [0.5, 0.6) is 11.5 Å². The van der Waals surface area contributed by atoms with E-state index in [-0.39, 0.29) is 35.6 Å². The molecule has 0 radical (unpaired) electrons. The second-order valence-corrected chi connectivity index (χ2v) is 7.50. The molecule has 1 saturated carbocycles. The molecule has 6 heteroatoms. The van der Waals surface area contributed by atoms with Crippen molar-refractivity contribution in [1.82, 2.24) is 10.2 Å². The highest BCUT2D eigenvalue weighted by Crippen LogP contribution is 2.41. The molecule has 1 aromatic carbocycles. The van der Waals surface area contributed by atoms with Crippen LogP contribution in [0.4, 0.5) is 0 Å². The number of ether oxygens (including phenoxy) is 2. The number of carbonyl (C=O) groups excluding carboxylic acids is 2. The number of amides is 2. The fourth-order valence-electron chi connectivity index (χ4n) is 3.67. The van der Waals surface area contributed by atoms with Crippen molar-refractivity contribution in [2.24, 2.45) is 11.8 Å². The Labute approximate surface area is 154 Å². The van der Waals surface area contributed by atoms with Gasteiger partial charge in [0.05, 0.1) is 20.1 Å². The minimum absolute atomic E-state index is 0.0130. The minimum atomic E-state index is -0.291. The lowest BCUT2D eigenvalue weighted by molar-refractivity contribution is -0.132. The molecule has 0 bridgehead atoms. The number of nitrogens with zero attached hydrogens (tertiary/aromatic N) is 1. The van der Waals surface area contributed by atoms with Crippen LogP contribution in [0.2, 0.25) is 0 Å². The molecule has 1 heterocycles. The van der Waals surface area contributed by atoms with Crippen LogP contribution in [0, 0.1) is 11.8 Å². The molecular weight excluding hydrogens is 332 g/mol. The van der Waals surface area contributed by atoms with Gasteiger partial charge in [0.2, 0.25) is 11.8 Å². The first-order valence-corrected chi connectivity index (χ1v) is 9.25. The highest BCUT2D eigenvalue weighted by molar-refractivity contribution is 5.85. The summed E-state index contributed by atoms with van der Waals surface area (Å²) >= 11 is 0. The van der Waals surface area contributed by atoms with Crippen molar-refractivity contribution in [2.75, 3.05) is 27.3 Å². The van der Waals surface area contributed by atoms with E-state index in [0.717, 1.165) is 29.9 Å². The number of hydrogen-bond donors (Lipinski definition) is 1. The SMILES string of the molecule is COc1ccc(OC)c([C@@H]2CN(C(=O)C3CC3)C[C@@H]2C(=O)NC(C)C)c1. The van der Waals surface area contributed by atoms with Crippen molar-refractivity contribution in [1.29, 1.82) is 0 Å². The van der Waals surface area contributed by atoms with Gasteiger partial charge < -0.3 is 19.7 Å². The molecule has 2 aliphatic rings. The first-order valence-electron chi connectivity index (χ1n) is 9.25. The van der Waals surface area contributed by atoms with Gasteiger partial charge in [-0.25, -0.2) is 0 Å². The summed E-state index contributed by atoms with van der Waals surface area (Å²) in [6, 6.07) is 5.68. The zero-order valence-corrected chi connectivity index (χ0v) is 16.0. The van der Waals surface area contributed by atoms with Gasteiger partial charge in [-0.15, -0.1) is 0 Å². The predicted octanol–water partition coefficient (Wildman–Crippen LogP) is 2.18. The van der Waals surface area contributed by atoms with Crippen LogP contribution >= 0.6 is 0 Å². The van der Waals surface area contributed by atoms with Crippen LogP contribution in [0.3, 0.4) is 0 Å². The van der Waals surface area contributed by atoms with E-state index in [1.165, 1.54) is 0 Å². The highest BCUT2D eigenvalue weighted by Gasteiger charge is 2.44. The molecule has 0 unspecified atom stereocenters. The Balaban J connectivity index is 1.92. The average molecular weight is 360 g/mol. The van der Waals surface area contributed by atoms with E-state index >= 15 is 0 Å². The van der Waals surface area contributed by atoms with Crippen molar-refractivity contribution in [3.05, 3.63) is 23.8 Å². The third kappa shape index (κ3) is 3.79. The summed E-state index contributed by atoms with van der Waals surface area (Å²) in [4.78, 5) is 27.3. The van der Waals surface area contributed by atoms with Gasteiger partial charge in [0.15, 0.2) is 0 Å². The number of rotatable bonds is 6. The largest absolute Gasteiger partial charge is 0.497 e. The average Bonchev–Trinajstić information content (AvgIpc) is 3.38. The predicted molar refractivity (Wildman–Crippen MR) is 98.4 cm³/mol. The Morgan fingerprint density at radius 1 is 1.15 bits per heavy atom. The summed E-state index contributed by atoms with van der Waals surface area (Å²) in [5.41, 5.74) is 0.918. The Morgan fingerprint density at radius 2 is 1.88 bits per heavy atom. The van der Waals surface area contributed by atoms with E-state index in [2.05, 4.69) is 5.32 Å². The van der Waals surface area contributed by atoms with Crippen molar-refractivity contribution in [2.45, 2.75) is 38.6 Å². The number of hydrogen-bond acceptors (Lipinski definition) is 4. The summed E-state index contributed by atoms with van der Waals surface area (Å²) < 4.78 is 10.9. The molecule has 2 fully saturated rings. The summed E-state index contributed by atoms with van der Waals surface area (Å²) in [7, 11) is 3.24. The third-order valence-electron chi connectivity index (χ3n) is 5.16. The lowest BCUT2D eigenvalue weighted by atomic mass is 9.87. The maximum atomic E-state index is 12.8. The van der Waals surface area contributed by atoms with Crippen LogP contribution in [-0.4, -0.2) is 50.1 Å². The van der Waals surface area contributed by atoms with Gasteiger partial charge in [-0.2, -0.15) is 0 Å². The van der Waals surface area contributed by atoms with E-state index in [9.17, 15) is 9.59 Å². The summed E-state index contributed by atoms with van der Waals surface area (Å²) in [6.07, 6.45) is 1.93. The molecule has 3 rings (SSSR count). The normalized spacial score (nSPS) is 22.4. The molecule has 1 aromatic rings. The van der Waals surface area contributed by atoms with Gasteiger partial charge in [0, 0.05) is 36.5 Å². The summed E-state index contributed by atoms with van der Waals surface area (Å²) in [5.74, 6) is 1.35. The van der Waals surface area contributed by atoms with Crippen LogP contribution in [0.1, 0.15) is 38.2 Å². The molecule has 2 amide bonds.